The molecular formula is C25H31N3O3S2. The third kappa shape index (κ3) is 5.27. The molecule has 1 aromatic carbocycles. The smallest absolute Gasteiger partial charge is 0.267 e. The van der Waals surface area contributed by atoms with Crippen molar-refractivity contribution in [3.8, 4) is 11.4 Å². The lowest BCUT2D eigenvalue weighted by Gasteiger charge is -2.15. The van der Waals surface area contributed by atoms with Crippen LogP contribution in [0.1, 0.15) is 56.4 Å². The standard InChI is InChI=1S/C25H31N3O3S2/c1-4-8-16(2)26-21(29)15-32-25-27-23-22(19-9-6-5-7-10-20(19)33-23)24(30)28(25)17-11-13-18(31-3)14-12-17/h11-14,16H,4-10,15H2,1-3H3,(H,26,29). The van der Waals surface area contributed by atoms with Gasteiger partial charge < -0.3 is 10.1 Å². The van der Waals surface area contributed by atoms with Gasteiger partial charge in [-0.2, -0.15) is 0 Å². The Hall–Kier alpha value is -2.32. The van der Waals surface area contributed by atoms with Gasteiger partial charge in [0.1, 0.15) is 10.6 Å². The van der Waals surface area contributed by atoms with E-state index in [-0.39, 0.29) is 23.3 Å². The van der Waals surface area contributed by atoms with Crippen molar-refractivity contribution in [1.82, 2.24) is 14.9 Å². The normalized spacial score (nSPS) is 14.5. The molecular weight excluding hydrogens is 454 g/mol. The molecule has 1 atom stereocenters. The summed E-state index contributed by atoms with van der Waals surface area (Å²) in [6, 6.07) is 7.55. The number of aromatic nitrogens is 2. The second kappa shape index (κ2) is 10.7. The molecule has 1 amide bonds. The Morgan fingerprint density at radius 2 is 2.00 bits per heavy atom. The highest BCUT2D eigenvalue weighted by atomic mass is 32.2. The summed E-state index contributed by atoms with van der Waals surface area (Å²) in [6.07, 6.45) is 7.36. The first kappa shape index (κ1) is 23.8. The Bertz CT molecular complexity index is 1180. The number of nitrogens with zero attached hydrogens (tertiary/aromatic N) is 2. The van der Waals surface area contributed by atoms with Crippen molar-refractivity contribution in [2.75, 3.05) is 12.9 Å². The lowest BCUT2D eigenvalue weighted by atomic mass is 10.1. The summed E-state index contributed by atoms with van der Waals surface area (Å²) in [6.45, 7) is 4.12. The number of amides is 1. The number of ether oxygens (including phenoxy) is 1. The minimum absolute atomic E-state index is 0.0430. The van der Waals surface area contributed by atoms with E-state index < -0.39 is 0 Å². The van der Waals surface area contributed by atoms with Gasteiger partial charge in [0, 0.05) is 10.9 Å². The highest BCUT2D eigenvalue weighted by Gasteiger charge is 2.23. The van der Waals surface area contributed by atoms with Gasteiger partial charge in [0.05, 0.1) is 23.9 Å². The molecule has 2 heterocycles. The summed E-state index contributed by atoms with van der Waals surface area (Å²) < 4.78 is 6.95. The zero-order valence-electron chi connectivity index (χ0n) is 19.5. The second-order valence-electron chi connectivity index (χ2n) is 8.52. The summed E-state index contributed by atoms with van der Waals surface area (Å²) in [4.78, 5) is 33.4. The lowest BCUT2D eigenvalue weighted by Crippen LogP contribution is -2.34. The monoisotopic (exact) mass is 485 g/mol. The van der Waals surface area contributed by atoms with Crippen LogP contribution in [-0.4, -0.2) is 34.4 Å². The molecule has 4 rings (SSSR count). The SMILES string of the molecule is CCCC(C)NC(=O)CSc1nc2sc3c(c2c(=O)n1-c1ccc(OC)cc1)CCCCC3. The third-order valence-corrected chi connectivity index (χ3v) is 8.12. The maximum atomic E-state index is 13.8. The Balaban J connectivity index is 1.75. The van der Waals surface area contributed by atoms with Gasteiger partial charge >= 0.3 is 0 Å². The van der Waals surface area contributed by atoms with Crippen LogP contribution in [-0.2, 0) is 17.6 Å². The molecule has 176 valence electrons. The number of methoxy groups -OCH3 is 1. The van der Waals surface area contributed by atoms with Crippen LogP contribution in [0.25, 0.3) is 15.9 Å². The first-order valence-electron chi connectivity index (χ1n) is 11.7. The molecule has 3 aromatic rings. The first-order chi connectivity index (χ1) is 16.0. The van der Waals surface area contributed by atoms with Crippen LogP contribution < -0.4 is 15.6 Å². The quantitative estimate of drug-likeness (QED) is 0.272. The maximum Gasteiger partial charge on any atom is 0.267 e. The maximum absolute atomic E-state index is 13.8. The van der Waals surface area contributed by atoms with E-state index in [1.165, 1.54) is 28.6 Å². The van der Waals surface area contributed by atoms with Crippen molar-refractivity contribution in [2.24, 2.45) is 0 Å². The van der Waals surface area contributed by atoms with Crippen molar-refractivity contribution >= 4 is 39.2 Å². The highest BCUT2D eigenvalue weighted by Crippen LogP contribution is 2.34. The minimum Gasteiger partial charge on any atom is -0.497 e. The van der Waals surface area contributed by atoms with Crippen LogP contribution in [0.5, 0.6) is 5.75 Å². The molecule has 2 aromatic heterocycles. The van der Waals surface area contributed by atoms with E-state index in [0.717, 1.165) is 60.2 Å². The van der Waals surface area contributed by atoms with Crippen LogP contribution >= 0.6 is 23.1 Å². The average molecular weight is 486 g/mol. The van der Waals surface area contributed by atoms with E-state index in [1.807, 2.05) is 31.2 Å². The summed E-state index contributed by atoms with van der Waals surface area (Å²) >= 11 is 2.96. The first-order valence-corrected chi connectivity index (χ1v) is 13.5. The molecule has 0 bridgehead atoms. The number of rotatable bonds is 8. The van der Waals surface area contributed by atoms with E-state index in [0.29, 0.717) is 5.16 Å². The van der Waals surface area contributed by atoms with Gasteiger partial charge in [-0.25, -0.2) is 4.98 Å². The molecule has 0 aliphatic heterocycles. The number of hydrogen-bond donors (Lipinski definition) is 1. The van der Waals surface area contributed by atoms with Gasteiger partial charge in [0.2, 0.25) is 5.91 Å². The Labute approximate surface area is 202 Å². The molecule has 6 nitrogen and oxygen atoms in total. The molecule has 33 heavy (non-hydrogen) atoms. The predicted molar refractivity (Wildman–Crippen MR) is 136 cm³/mol. The van der Waals surface area contributed by atoms with Crippen molar-refractivity contribution in [3.05, 3.63) is 45.1 Å². The van der Waals surface area contributed by atoms with Crippen molar-refractivity contribution in [2.45, 2.75) is 70.0 Å². The third-order valence-electron chi connectivity index (χ3n) is 6.00. The molecule has 8 heteroatoms. The fraction of sp³-hybridized carbons (Fsp3) is 0.480. The summed E-state index contributed by atoms with van der Waals surface area (Å²) in [7, 11) is 1.62. The molecule has 0 spiro atoms. The molecule has 0 saturated carbocycles. The molecule has 1 unspecified atom stereocenters. The largest absolute Gasteiger partial charge is 0.497 e. The van der Waals surface area contributed by atoms with Gasteiger partial charge in [-0.15, -0.1) is 11.3 Å². The number of nitrogens with one attached hydrogen (secondary N) is 1. The number of aryl methyl sites for hydroxylation is 2. The molecule has 0 fully saturated rings. The molecule has 1 aliphatic carbocycles. The minimum atomic E-state index is -0.0492. The number of fused-ring (bicyclic) bond motifs is 3. The fourth-order valence-corrected chi connectivity index (χ4v) is 6.50. The van der Waals surface area contributed by atoms with Crippen molar-refractivity contribution in [1.29, 1.82) is 0 Å². The number of thioether (sulfide) groups is 1. The Morgan fingerprint density at radius 1 is 1.24 bits per heavy atom. The van der Waals surface area contributed by atoms with Gasteiger partial charge in [-0.05, 0) is 68.9 Å². The topological polar surface area (TPSA) is 73.2 Å². The predicted octanol–water partition coefficient (Wildman–Crippen LogP) is 5.12. The summed E-state index contributed by atoms with van der Waals surface area (Å²) in [5.74, 6) is 0.898. The number of hydrogen-bond acceptors (Lipinski definition) is 6. The van der Waals surface area contributed by atoms with Gasteiger partial charge in [0.25, 0.3) is 5.56 Å². The lowest BCUT2D eigenvalue weighted by molar-refractivity contribution is -0.119. The molecule has 0 saturated heterocycles. The number of carbonyl (C=O) groups excluding carboxylic acids is 1. The summed E-state index contributed by atoms with van der Waals surface area (Å²) in [5.41, 5.74) is 1.85. The zero-order chi connectivity index (χ0) is 23.4. The summed E-state index contributed by atoms with van der Waals surface area (Å²) in [5, 5.41) is 4.33. The van der Waals surface area contributed by atoms with E-state index in [4.69, 9.17) is 9.72 Å². The van der Waals surface area contributed by atoms with Crippen LogP contribution in [0.4, 0.5) is 0 Å². The van der Waals surface area contributed by atoms with Crippen LogP contribution in [0.15, 0.2) is 34.2 Å². The van der Waals surface area contributed by atoms with Gasteiger partial charge in [-0.3, -0.25) is 14.2 Å². The van der Waals surface area contributed by atoms with Crippen molar-refractivity contribution < 1.29 is 9.53 Å². The van der Waals surface area contributed by atoms with E-state index in [1.54, 1.807) is 23.0 Å². The highest BCUT2D eigenvalue weighted by molar-refractivity contribution is 7.99. The number of thiophene rings is 1. The van der Waals surface area contributed by atoms with Crippen LogP contribution in [0.3, 0.4) is 0 Å². The average Bonchev–Trinajstić information content (AvgIpc) is 2.99. The van der Waals surface area contributed by atoms with Gasteiger partial charge in [0.15, 0.2) is 5.16 Å². The van der Waals surface area contributed by atoms with Gasteiger partial charge in [-0.1, -0.05) is 31.5 Å². The molecule has 1 N–H and O–H groups in total. The molecule has 0 radical (unpaired) electrons. The van der Waals surface area contributed by atoms with Crippen LogP contribution in [0, 0.1) is 0 Å². The van der Waals surface area contributed by atoms with E-state index in [9.17, 15) is 9.59 Å². The Morgan fingerprint density at radius 3 is 2.73 bits per heavy atom. The van der Waals surface area contributed by atoms with Crippen LogP contribution in [0.2, 0.25) is 0 Å². The van der Waals surface area contributed by atoms with Crippen molar-refractivity contribution in [3.63, 3.8) is 0 Å². The fourth-order valence-electron chi connectivity index (χ4n) is 4.37. The zero-order valence-corrected chi connectivity index (χ0v) is 21.1. The van der Waals surface area contributed by atoms with E-state index in [2.05, 4.69) is 12.2 Å². The molecule has 1 aliphatic rings. The number of benzene rings is 1. The van der Waals surface area contributed by atoms with E-state index >= 15 is 0 Å². The number of carbonyl (C=O) groups is 1. The second-order valence-corrected chi connectivity index (χ2v) is 10.5. The Kier molecular flexibility index (Phi) is 7.75.